The Kier molecular flexibility index (Phi) is 6.89. The van der Waals surface area contributed by atoms with Crippen molar-refractivity contribution in [3.8, 4) is 0 Å². The monoisotopic (exact) mass is 546 g/mol. The van der Waals surface area contributed by atoms with E-state index in [1.165, 1.54) is 33.4 Å². The topological polar surface area (TPSA) is 57.3 Å². The highest BCUT2D eigenvalue weighted by atomic mass is 16.2. The average molecular weight is 547 g/mol. The molecular formula is C36H42N4O. The van der Waals surface area contributed by atoms with Crippen LogP contribution in [-0.2, 0) is 23.7 Å². The summed E-state index contributed by atoms with van der Waals surface area (Å²) >= 11 is 0. The first-order valence-corrected chi connectivity index (χ1v) is 14.9. The first kappa shape index (κ1) is 27.5. The molecule has 0 fully saturated rings. The van der Waals surface area contributed by atoms with Crippen molar-refractivity contribution in [1.29, 1.82) is 0 Å². The average Bonchev–Trinajstić information content (AvgIpc) is 3.54. The zero-order chi connectivity index (χ0) is 28.9. The number of amides is 2. The van der Waals surface area contributed by atoms with Crippen molar-refractivity contribution in [3.63, 3.8) is 0 Å². The van der Waals surface area contributed by atoms with Crippen LogP contribution in [-0.4, -0.2) is 16.0 Å². The van der Waals surface area contributed by atoms with Gasteiger partial charge in [0.2, 0.25) is 0 Å². The highest BCUT2D eigenvalue weighted by Gasteiger charge is 2.35. The highest BCUT2D eigenvalue weighted by molar-refractivity contribution is 6.01. The second-order valence-electron chi connectivity index (χ2n) is 13.8. The Morgan fingerprint density at radius 2 is 1.49 bits per heavy atom. The summed E-state index contributed by atoms with van der Waals surface area (Å²) in [6.45, 7) is 13.5. The van der Waals surface area contributed by atoms with Gasteiger partial charge < -0.3 is 5.32 Å². The van der Waals surface area contributed by atoms with Crippen molar-refractivity contribution >= 4 is 22.5 Å². The second kappa shape index (κ2) is 10.3. The molecule has 2 atom stereocenters. The fraction of sp³-hybridized carbons (Fsp3) is 0.389. The predicted octanol–water partition coefficient (Wildman–Crippen LogP) is 8.54. The van der Waals surface area contributed by atoms with E-state index in [-0.39, 0.29) is 28.9 Å². The minimum Gasteiger partial charge on any atom is -0.306 e. The van der Waals surface area contributed by atoms with E-state index in [9.17, 15) is 4.79 Å². The summed E-state index contributed by atoms with van der Waals surface area (Å²) < 4.78 is 0. The van der Waals surface area contributed by atoms with Crippen molar-refractivity contribution in [2.75, 3.05) is 5.32 Å². The fourth-order valence-corrected chi connectivity index (χ4v) is 6.41. The van der Waals surface area contributed by atoms with Crippen LogP contribution in [0.1, 0.15) is 99.8 Å². The Bertz CT molecular complexity index is 1610. The van der Waals surface area contributed by atoms with Gasteiger partial charge >= 0.3 is 6.03 Å². The Morgan fingerprint density at radius 1 is 0.829 bits per heavy atom. The van der Waals surface area contributed by atoms with Crippen LogP contribution in [0.3, 0.4) is 0 Å². The van der Waals surface area contributed by atoms with E-state index in [2.05, 4.69) is 93.7 Å². The summed E-state index contributed by atoms with van der Waals surface area (Å²) in [7, 11) is 0. The van der Waals surface area contributed by atoms with E-state index in [4.69, 9.17) is 0 Å². The Morgan fingerprint density at radius 3 is 2.20 bits per heavy atom. The van der Waals surface area contributed by atoms with Crippen LogP contribution in [0, 0.1) is 0 Å². The van der Waals surface area contributed by atoms with Crippen LogP contribution in [0.25, 0.3) is 10.8 Å². The van der Waals surface area contributed by atoms with Gasteiger partial charge in [-0.25, -0.2) is 10.2 Å². The van der Waals surface area contributed by atoms with Crippen LogP contribution < -0.4 is 10.7 Å². The molecule has 4 aromatic rings. The first-order valence-electron chi connectivity index (χ1n) is 14.9. The number of carbonyl (C=O) groups excluding carboxylic acids is 1. The number of hydrogen-bond donors (Lipinski definition) is 2. The Balaban J connectivity index is 1.34. The van der Waals surface area contributed by atoms with Crippen molar-refractivity contribution in [2.45, 2.75) is 90.1 Å². The van der Waals surface area contributed by atoms with Crippen LogP contribution in [0.5, 0.6) is 0 Å². The number of fused-ring (bicyclic) bond motifs is 3. The molecule has 5 nitrogen and oxygen atoms in total. The molecule has 2 N–H and O–H groups in total. The number of aryl methyl sites for hydroxylation is 2. The third-order valence-electron chi connectivity index (χ3n) is 8.89. The van der Waals surface area contributed by atoms with E-state index in [1.807, 2.05) is 35.5 Å². The van der Waals surface area contributed by atoms with Gasteiger partial charge in [-0.2, -0.15) is 0 Å². The van der Waals surface area contributed by atoms with Crippen molar-refractivity contribution in [1.82, 2.24) is 15.4 Å². The predicted molar refractivity (Wildman–Crippen MR) is 168 cm³/mol. The molecule has 0 radical (unpaired) electrons. The number of pyridine rings is 1. The molecule has 2 aliphatic carbocycles. The van der Waals surface area contributed by atoms with Gasteiger partial charge in [-0.15, -0.1) is 0 Å². The van der Waals surface area contributed by atoms with Crippen LogP contribution in [0.15, 0.2) is 73.1 Å². The summed E-state index contributed by atoms with van der Waals surface area (Å²) in [6.07, 6.45) is 7.45. The van der Waals surface area contributed by atoms with Crippen molar-refractivity contribution in [2.24, 2.45) is 0 Å². The molecule has 6 rings (SSSR count). The van der Waals surface area contributed by atoms with Crippen LogP contribution >= 0.6 is 0 Å². The lowest BCUT2D eigenvalue weighted by molar-refractivity contribution is 0.131. The molecule has 41 heavy (non-hydrogen) atoms. The molecule has 212 valence electrons. The Labute approximate surface area is 244 Å². The summed E-state index contributed by atoms with van der Waals surface area (Å²) in [4.78, 5) is 18.5. The van der Waals surface area contributed by atoms with Gasteiger partial charge in [0.15, 0.2) is 0 Å². The maximum atomic E-state index is 14.2. The number of urea groups is 1. The van der Waals surface area contributed by atoms with Gasteiger partial charge in [0.25, 0.3) is 0 Å². The van der Waals surface area contributed by atoms with Crippen molar-refractivity contribution in [3.05, 3.63) is 106 Å². The quantitative estimate of drug-likeness (QED) is 0.252. The van der Waals surface area contributed by atoms with Gasteiger partial charge in [0.05, 0.1) is 17.8 Å². The standard InChI is InChI=1S/C36H42N4O/c1-35(2,3)26-12-14-28-23(20-26)10-16-32(28)39-40(33-17-11-24-21-27(36(4,5)6)13-15-30(24)33)34(41)38-31-9-7-8-25-22-37-19-18-29(25)31/h7-9,12-15,18-22,32-33,39H,10-11,16-17H2,1-6H3,(H,38,41). The number of benzene rings is 3. The molecule has 5 heteroatoms. The maximum absolute atomic E-state index is 14.2. The smallest absolute Gasteiger partial charge is 0.306 e. The van der Waals surface area contributed by atoms with E-state index in [0.717, 1.165) is 42.1 Å². The third kappa shape index (κ3) is 5.36. The molecule has 0 saturated carbocycles. The van der Waals surface area contributed by atoms with E-state index in [0.29, 0.717) is 0 Å². The number of hydrazine groups is 1. The Hall–Kier alpha value is -3.70. The zero-order valence-corrected chi connectivity index (χ0v) is 25.2. The molecule has 2 unspecified atom stereocenters. The van der Waals surface area contributed by atoms with Gasteiger partial charge in [-0.1, -0.05) is 90.1 Å². The molecule has 3 aromatic carbocycles. The zero-order valence-electron chi connectivity index (χ0n) is 25.2. The van der Waals surface area contributed by atoms with Crippen LogP contribution in [0.2, 0.25) is 0 Å². The van der Waals surface area contributed by atoms with Crippen LogP contribution in [0.4, 0.5) is 10.5 Å². The highest BCUT2D eigenvalue weighted by Crippen LogP contribution is 2.40. The van der Waals surface area contributed by atoms with E-state index >= 15 is 0 Å². The van der Waals surface area contributed by atoms with Gasteiger partial charge in [-0.05, 0) is 82.0 Å². The lowest BCUT2D eigenvalue weighted by Gasteiger charge is -2.33. The maximum Gasteiger partial charge on any atom is 0.336 e. The van der Waals surface area contributed by atoms with Gasteiger partial charge in [-0.3, -0.25) is 9.99 Å². The van der Waals surface area contributed by atoms with Gasteiger partial charge in [0.1, 0.15) is 0 Å². The van der Waals surface area contributed by atoms with Gasteiger partial charge in [0, 0.05) is 23.2 Å². The molecule has 1 heterocycles. The minimum atomic E-state index is -0.133. The largest absolute Gasteiger partial charge is 0.336 e. The molecule has 0 saturated heterocycles. The molecule has 2 aliphatic rings. The number of nitrogens with zero attached hydrogens (tertiary/aromatic N) is 2. The summed E-state index contributed by atoms with van der Waals surface area (Å²) in [5, 5.41) is 7.13. The summed E-state index contributed by atoms with van der Waals surface area (Å²) in [6, 6.07) is 21.6. The lowest BCUT2D eigenvalue weighted by Crippen LogP contribution is -2.48. The third-order valence-corrected chi connectivity index (χ3v) is 8.89. The van der Waals surface area contributed by atoms with E-state index in [1.54, 1.807) is 6.20 Å². The minimum absolute atomic E-state index is 0.0476. The number of aromatic nitrogens is 1. The number of anilines is 1. The lowest BCUT2D eigenvalue weighted by atomic mass is 9.85. The number of carbonyl (C=O) groups is 1. The van der Waals surface area contributed by atoms with Crippen molar-refractivity contribution < 1.29 is 4.79 Å². The summed E-state index contributed by atoms with van der Waals surface area (Å²) in [5.74, 6) is 0. The summed E-state index contributed by atoms with van der Waals surface area (Å²) in [5.41, 5.74) is 12.7. The first-order chi connectivity index (χ1) is 19.5. The molecule has 0 bridgehead atoms. The molecular weight excluding hydrogens is 504 g/mol. The number of hydrogen-bond acceptors (Lipinski definition) is 3. The molecule has 0 spiro atoms. The number of nitrogens with one attached hydrogen (secondary N) is 2. The molecule has 1 aromatic heterocycles. The number of rotatable bonds is 4. The van der Waals surface area contributed by atoms with E-state index < -0.39 is 0 Å². The molecule has 0 aliphatic heterocycles. The second-order valence-corrected chi connectivity index (χ2v) is 13.8. The normalized spacial score (nSPS) is 18.3. The fourth-order valence-electron chi connectivity index (χ4n) is 6.41. The molecule has 2 amide bonds. The SMILES string of the molecule is CC(C)(C)c1ccc2c(c1)CCC2NN(C(=O)Nc1cccc2cnccc12)C1CCc2cc(C(C)(C)C)ccc21.